The van der Waals surface area contributed by atoms with Gasteiger partial charge in [0.15, 0.2) is 0 Å². The van der Waals surface area contributed by atoms with E-state index < -0.39 is 52.4 Å². The first-order valence-electron chi connectivity index (χ1n) is 15.9. The smallest absolute Gasteiger partial charge is 0.260 e. The number of benzene rings is 3. The van der Waals surface area contributed by atoms with Gasteiger partial charge in [-0.1, -0.05) is 65.2 Å². The van der Waals surface area contributed by atoms with E-state index in [0.717, 1.165) is 10.6 Å². The SMILES string of the molecule is COc1ccc([C@@]23C(=O)N(Nc4ccc(Cl)cc4Cl)C(=O)[C@@H]2C[C@@H]2C(=CC[C@@H]4C(=O)N(C(C)(C)C)C(=O)[C@@H]42)[C@@H]3c2ccccc2O)cc1. The Kier molecular flexibility index (Phi) is 7.64. The molecule has 48 heavy (non-hydrogen) atoms. The minimum atomic E-state index is -1.54. The molecule has 4 amide bonds. The predicted molar refractivity (Wildman–Crippen MR) is 180 cm³/mol. The normalized spacial score (nSPS) is 28.2. The topological polar surface area (TPSA) is 116 Å². The van der Waals surface area contributed by atoms with Crippen LogP contribution < -0.4 is 10.2 Å². The van der Waals surface area contributed by atoms with E-state index in [-0.39, 0.29) is 29.0 Å². The molecule has 0 spiro atoms. The zero-order valence-corrected chi connectivity index (χ0v) is 28.4. The fourth-order valence-electron chi connectivity index (χ4n) is 8.58. The molecule has 2 saturated heterocycles. The number of nitrogens with zero attached hydrogens (tertiary/aromatic N) is 2. The minimum absolute atomic E-state index is 0.0460. The molecular formula is C37H35Cl2N3O6. The number of hydrazine groups is 1. The van der Waals surface area contributed by atoms with E-state index in [0.29, 0.717) is 34.0 Å². The maximum absolute atomic E-state index is 15.2. The van der Waals surface area contributed by atoms with Crippen LogP contribution in [0.4, 0.5) is 5.69 Å². The first-order valence-corrected chi connectivity index (χ1v) is 16.7. The third-order valence-corrected chi connectivity index (χ3v) is 11.0. The molecule has 1 saturated carbocycles. The molecule has 2 aliphatic carbocycles. The number of halogens is 2. The molecular weight excluding hydrogens is 653 g/mol. The molecule has 6 atom stereocenters. The van der Waals surface area contributed by atoms with E-state index in [1.807, 2.05) is 26.8 Å². The molecule has 4 aliphatic rings. The number of fused-ring (bicyclic) bond motifs is 4. The van der Waals surface area contributed by atoms with Gasteiger partial charge in [0, 0.05) is 22.0 Å². The first kappa shape index (κ1) is 32.2. The molecule has 7 rings (SSSR count). The summed E-state index contributed by atoms with van der Waals surface area (Å²) in [5.41, 5.74) is 2.76. The number of imide groups is 2. The van der Waals surface area contributed by atoms with Crippen LogP contribution in [0.15, 0.2) is 78.4 Å². The quantitative estimate of drug-likeness (QED) is 0.233. The van der Waals surface area contributed by atoms with Crippen LogP contribution in [0.25, 0.3) is 0 Å². The summed E-state index contributed by atoms with van der Waals surface area (Å²) in [5.74, 6) is -4.69. The standard InChI is InChI=1S/C37H35Cl2N3O6/c1-36(2,3)41-32(44)24-15-14-22-25(30(24)34(41)46)18-26-33(45)42(40-28-16-11-20(38)17-27(28)39)35(47)37(26,19-9-12-21(48-4)13-10-19)31(22)23-7-5-6-8-29(23)43/h5-14,16-17,24-26,30-31,40,43H,15,18H2,1-4H3/t24-,25+,26-,30-,31+,37+/m0/s1. The van der Waals surface area contributed by atoms with Crippen LogP contribution >= 0.6 is 23.2 Å². The van der Waals surface area contributed by atoms with Crippen LogP contribution in [-0.4, -0.2) is 51.3 Å². The van der Waals surface area contributed by atoms with Gasteiger partial charge in [0.05, 0.1) is 41.0 Å². The Bertz CT molecular complexity index is 1900. The highest BCUT2D eigenvalue weighted by Gasteiger charge is 2.71. The van der Waals surface area contributed by atoms with Gasteiger partial charge in [-0.15, -0.1) is 0 Å². The van der Waals surface area contributed by atoms with Crippen LogP contribution in [-0.2, 0) is 24.6 Å². The van der Waals surface area contributed by atoms with Gasteiger partial charge in [-0.25, -0.2) is 0 Å². The Morgan fingerprint density at radius 2 is 1.62 bits per heavy atom. The van der Waals surface area contributed by atoms with E-state index in [2.05, 4.69) is 5.43 Å². The number of ether oxygens (including phenoxy) is 1. The average molecular weight is 689 g/mol. The van der Waals surface area contributed by atoms with Crippen molar-refractivity contribution in [2.24, 2.45) is 23.7 Å². The van der Waals surface area contributed by atoms with Gasteiger partial charge in [0.1, 0.15) is 11.5 Å². The summed E-state index contributed by atoms with van der Waals surface area (Å²) >= 11 is 12.6. The molecule has 2 N–H and O–H groups in total. The highest BCUT2D eigenvalue weighted by molar-refractivity contribution is 6.36. The number of hydrogen-bond donors (Lipinski definition) is 2. The van der Waals surface area contributed by atoms with Crippen LogP contribution in [0.3, 0.4) is 0 Å². The van der Waals surface area contributed by atoms with Crippen LogP contribution in [0.1, 0.15) is 50.7 Å². The molecule has 0 aromatic heterocycles. The molecule has 9 nitrogen and oxygen atoms in total. The van der Waals surface area contributed by atoms with Crippen molar-refractivity contribution in [2.75, 3.05) is 12.5 Å². The number of anilines is 1. The number of hydrogen-bond acceptors (Lipinski definition) is 7. The summed E-state index contributed by atoms with van der Waals surface area (Å²) in [5, 5.41) is 13.0. The molecule has 11 heteroatoms. The van der Waals surface area contributed by atoms with Gasteiger partial charge >= 0.3 is 0 Å². The Morgan fingerprint density at radius 1 is 0.917 bits per heavy atom. The molecule has 0 unspecified atom stereocenters. The van der Waals surface area contributed by atoms with Gasteiger partial charge in [0.25, 0.3) is 11.8 Å². The predicted octanol–water partition coefficient (Wildman–Crippen LogP) is 6.49. The van der Waals surface area contributed by atoms with Crippen molar-refractivity contribution in [1.82, 2.24) is 9.91 Å². The number of rotatable bonds is 5. The van der Waals surface area contributed by atoms with Crippen LogP contribution in [0.2, 0.25) is 10.0 Å². The third kappa shape index (κ3) is 4.58. The Morgan fingerprint density at radius 3 is 2.27 bits per heavy atom. The number of nitrogens with one attached hydrogen (secondary N) is 1. The second kappa shape index (κ2) is 11.4. The highest BCUT2D eigenvalue weighted by atomic mass is 35.5. The molecule has 0 bridgehead atoms. The Labute approximate surface area is 288 Å². The second-order valence-corrected chi connectivity index (χ2v) is 14.8. The average Bonchev–Trinajstić information content (AvgIpc) is 3.44. The number of phenols is 1. The third-order valence-electron chi connectivity index (χ3n) is 10.5. The number of likely N-dealkylation sites (tertiary alicyclic amines) is 1. The van der Waals surface area contributed by atoms with Crippen molar-refractivity contribution >= 4 is 52.5 Å². The monoisotopic (exact) mass is 687 g/mol. The Hall–Kier alpha value is -4.34. The molecule has 3 aromatic rings. The van der Waals surface area contributed by atoms with Crippen molar-refractivity contribution in [3.8, 4) is 11.5 Å². The summed E-state index contributed by atoms with van der Waals surface area (Å²) < 4.78 is 5.43. The summed E-state index contributed by atoms with van der Waals surface area (Å²) in [6.45, 7) is 5.50. The largest absolute Gasteiger partial charge is 0.508 e. The lowest BCUT2D eigenvalue weighted by Crippen LogP contribution is -2.53. The van der Waals surface area contributed by atoms with E-state index in [9.17, 15) is 19.5 Å². The van der Waals surface area contributed by atoms with Gasteiger partial charge in [-0.05, 0) is 81.5 Å². The van der Waals surface area contributed by atoms with Gasteiger partial charge < -0.3 is 9.84 Å². The van der Waals surface area contributed by atoms with E-state index in [1.165, 1.54) is 11.0 Å². The number of amides is 4. The number of carbonyl (C=O) groups excluding carboxylic acids is 4. The van der Waals surface area contributed by atoms with Crippen molar-refractivity contribution in [3.63, 3.8) is 0 Å². The van der Waals surface area contributed by atoms with Gasteiger partial charge in [-0.3, -0.25) is 29.5 Å². The van der Waals surface area contributed by atoms with Crippen LogP contribution in [0, 0.1) is 23.7 Å². The molecule has 248 valence electrons. The summed E-state index contributed by atoms with van der Waals surface area (Å²) in [4.78, 5) is 59.3. The summed E-state index contributed by atoms with van der Waals surface area (Å²) in [6.07, 6.45) is 2.40. The lowest BCUT2D eigenvalue weighted by Gasteiger charge is -2.50. The number of phenolic OH excluding ortho intramolecular Hbond substituents is 1. The Balaban J connectivity index is 1.46. The van der Waals surface area contributed by atoms with Crippen molar-refractivity contribution in [1.29, 1.82) is 0 Å². The highest BCUT2D eigenvalue weighted by Crippen LogP contribution is 2.65. The van der Waals surface area contributed by atoms with Crippen molar-refractivity contribution in [3.05, 3.63) is 99.6 Å². The van der Waals surface area contributed by atoms with Crippen LogP contribution in [0.5, 0.6) is 11.5 Å². The second-order valence-electron chi connectivity index (χ2n) is 14.0. The number of carbonyl (C=O) groups is 4. The number of para-hydroxylation sites is 1. The maximum Gasteiger partial charge on any atom is 0.260 e. The lowest BCUT2D eigenvalue weighted by molar-refractivity contribution is -0.146. The number of allylic oxidation sites excluding steroid dienone is 2. The van der Waals surface area contributed by atoms with Gasteiger partial charge in [-0.2, -0.15) is 5.01 Å². The number of aromatic hydroxyl groups is 1. The van der Waals surface area contributed by atoms with E-state index >= 15 is 4.79 Å². The maximum atomic E-state index is 15.2. The van der Waals surface area contributed by atoms with E-state index in [1.54, 1.807) is 67.8 Å². The van der Waals surface area contributed by atoms with Gasteiger partial charge in [0.2, 0.25) is 11.8 Å². The lowest BCUT2D eigenvalue weighted by atomic mass is 9.49. The van der Waals surface area contributed by atoms with Crippen molar-refractivity contribution in [2.45, 2.75) is 50.5 Å². The van der Waals surface area contributed by atoms with E-state index in [4.69, 9.17) is 27.9 Å². The van der Waals surface area contributed by atoms with Crippen molar-refractivity contribution < 1.29 is 29.0 Å². The zero-order chi connectivity index (χ0) is 34.3. The fraction of sp³-hybridized carbons (Fsp3) is 0.351. The fourth-order valence-corrected chi connectivity index (χ4v) is 9.03. The number of methoxy groups -OCH3 is 1. The molecule has 2 aliphatic heterocycles. The zero-order valence-electron chi connectivity index (χ0n) is 26.9. The molecule has 0 radical (unpaired) electrons. The first-order chi connectivity index (χ1) is 22.8. The molecule has 2 heterocycles. The summed E-state index contributed by atoms with van der Waals surface area (Å²) in [6, 6.07) is 18.5. The molecule has 3 aromatic carbocycles. The minimum Gasteiger partial charge on any atom is -0.508 e. The molecule has 3 fully saturated rings. The summed E-state index contributed by atoms with van der Waals surface area (Å²) in [7, 11) is 1.54.